The van der Waals surface area contributed by atoms with Gasteiger partial charge in [0, 0.05) is 19.7 Å². The van der Waals surface area contributed by atoms with Crippen molar-refractivity contribution >= 4 is 17.3 Å². The molecular formula is C12H24N2O2S. The van der Waals surface area contributed by atoms with Crippen molar-refractivity contribution < 1.29 is 9.47 Å². The Bertz CT molecular complexity index is 221. The number of hydrogen-bond donors (Lipinski definition) is 2. The molecule has 0 aromatic rings. The highest BCUT2D eigenvalue weighted by Gasteiger charge is 2.14. The lowest BCUT2D eigenvalue weighted by molar-refractivity contribution is 0.0622. The number of hydrogen-bond acceptors (Lipinski definition) is 3. The maximum absolute atomic E-state index is 5.73. The first kappa shape index (κ1) is 14.7. The maximum Gasteiger partial charge on any atom is 0.166 e. The van der Waals surface area contributed by atoms with Crippen LogP contribution in [0.15, 0.2) is 0 Å². The Hall–Kier alpha value is -0.390. The lowest BCUT2D eigenvalue weighted by atomic mass is 10.3. The molecule has 1 atom stereocenters. The number of ether oxygens (including phenoxy) is 2. The third kappa shape index (κ3) is 6.81. The fourth-order valence-corrected chi connectivity index (χ4v) is 2.31. The van der Waals surface area contributed by atoms with Gasteiger partial charge in [0.2, 0.25) is 0 Å². The van der Waals surface area contributed by atoms with Crippen LogP contribution in [-0.4, -0.2) is 44.1 Å². The van der Waals surface area contributed by atoms with E-state index in [9.17, 15) is 0 Å². The molecule has 1 aliphatic carbocycles. The summed E-state index contributed by atoms with van der Waals surface area (Å²) in [5, 5.41) is 6.96. The average Bonchev–Trinajstić information content (AvgIpc) is 2.77. The highest BCUT2D eigenvalue weighted by Crippen LogP contribution is 2.20. The summed E-state index contributed by atoms with van der Waals surface area (Å²) in [6.07, 6.45) is 5.53. The van der Waals surface area contributed by atoms with E-state index in [4.69, 9.17) is 21.7 Å². The van der Waals surface area contributed by atoms with Crippen LogP contribution in [-0.2, 0) is 9.47 Å². The molecule has 0 radical (unpaired) electrons. The van der Waals surface area contributed by atoms with Crippen LogP contribution in [0.4, 0.5) is 0 Å². The molecule has 0 heterocycles. The quantitative estimate of drug-likeness (QED) is 0.536. The zero-order chi connectivity index (χ0) is 12.5. The molecule has 0 aromatic heterocycles. The summed E-state index contributed by atoms with van der Waals surface area (Å²) in [5.74, 6) is 0. The van der Waals surface area contributed by atoms with Gasteiger partial charge in [0.05, 0.1) is 19.3 Å². The Labute approximate surface area is 109 Å². The smallest absolute Gasteiger partial charge is 0.166 e. The predicted octanol–water partition coefficient (Wildman–Crippen LogP) is 1.44. The van der Waals surface area contributed by atoms with Crippen molar-refractivity contribution in [1.82, 2.24) is 10.6 Å². The first-order chi connectivity index (χ1) is 8.22. The number of nitrogens with one attached hydrogen (secondary N) is 2. The highest BCUT2D eigenvalue weighted by molar-refractivity contribution is 7.80. The second kappa shape index (κ2) is 8.66. The van der Waals surface area contributed by atoms with E-state index < -0.39 is 0 Å². The number of thiocarbonyl (C=S) groups is 1. The largest absolute Gasteiger partial charge is 0.383 e. The van der Waals surface area contributed by atoms with Crippen LogP contribution < -0.4 is 10.6 Å². The average molecular weight is 260 g/mol. The zero-order valence-corrected chi connectivity index (χ0v) is 11.6. The van der Waals surface area contributed by atoms with Gasteiger partial charge in [0.15, 0.2) is 5.11 Å². The van der Waals surface area contributed by atoms with Crippen molar-refractivity contribution in [3.63, 3.8) is 0 Å². The summed E-state index contributed by atoms with van der Waals surface area (Å²) < 4.78 is 10.8. The number of methoxy groups -OCH3 is 1. The summed E-state index contributed by atoms with van der Waals surface area (Å²) in [4.78, 5) is 0. The van der Waals surface area contributed by atoms with Crippen molar-refractivity contribution in [2.24, 2.45) is 0 Å². The first-order valence-corrected chi connectivity index (χ1v) is 6.78. The van der Waals surface area contributed by atoms with Crippen LogP contribution >= 0.6 is 12.2 Å². The van der Waals surface area contributed by atoms with Crippen molar-refractivity contribution in [3.05, 3.63) is 0 Å². The van der Waals surface area contributed by atoms with Crippen LogP contribution in [0.25, 0.3) is 0 Å². The van der Waals surface area contributed by atoms with E-state index in [0.29, 0.717) is 17.8 Å². The minimum absolute atomic E-state index is 0.232. The zero-order valence-electron chi connectivity index (χ0n) is 10.8. The standard InChI is InChI=1S/C12H24N2O2S/c1-10(9-15-2)14-12(17)13-7-8-16-11-5-3-4-6-11/h10-11H,3-9H2,1-2H3,(H2,13,14,17). The first-order valence-electron chi connectivity index (χ1n) is 6.37. The van der Waals surface area contributed by atoms with Gasteiger partial charge in [-0.25, -0.2) is 0 Å². The molecule has 1 saturated carbocycles. The van der Waals surface area contributed by atoms with Crippen molar-refractivity contribution in [2.75, 3.05) is 26.9 Å². The molecule has 5 heteroatoms. The minimum Gasteiger partial charge on any atom is -0.383 e. The fraction of sp³-hybridized carbons (Fsp3) is 0.917. The van der Waals surface area contributed by atoms with E-state index in [0.717, 1.165) is 13.2 Å². The van der Waals surface area contributed by atoms with E-state index in [1.54, 1.807) is 7.11 Å². The van der Waals surface area contributed by atoms with Crippen LogP contribution in [0.5, 0.6) is 0 Å². The van der Waals surface area contributed by atoms with E-state index in [1.165, 1.54) is 25.7 Å². The molecule has 4 nitrogen and oxygen atoms in total. The van der Waals surface area contributed by atoms with Gasteiger partial charge in [-0.15, -0.1) is 0 Å². The molecule has 1 unspecified atom stereocenters. The molecule has 2 N–H and O–H groups in total. The van der Waals surface area contributed by atoms with Crippen LogP contribution in [0, 0.1) is 0 Å². The summed E-state index contributed by atoms with van der Waals surface area (Å²) in [5.41, 5.74) is 0. The summed E-state index contributed by atoms with van der Waals surface area (Å²) in [6, 6.07) is 0.232. The lowest BCUT2D eigenvalue weighted by Crippen LogP contribution is -2.43. The van der Waals surface area contributed by atoms with E-state index in [-0.39, 0.29) is 6.04 Å². The van der Waals surface area contributed by atoms with Gasteiger partial charge in [0.1, 0.15) is 0 Å². The highest BCUT2D eigenvalue weighted by atomic mass is 32.1. The van der Waals surface area contributed by atoms with E-state index >= 15 is 0 Å². The van der Waals surface area contributed by atoms with Crippen molar-refractivity contribution in [1.29, 1.82) is 0 Å². The molecule has 1 fully saturated rings. The molecule has 1 aliphatic rings. The molecule has 0 aromatic carbocycles. The van der Waals surface area contributed by atoms with Gasteiger partial charge in [-0.2, -0.15) is 0 Å². The van der Waals surface area contributed by atoms with Crippen LogP contribution in [0.2, 0.25) is 0 Å². The monoisotopic (exact) mass is 260 g/mol. The second-order valence-electron chi connectivity index (χ2n) is 4.53. The molecule has 17 heavy (non-hydrogen) atoms. The minimum atomic E-state index is 0.232. The fourth-order valence-electron chi connectivity index (χ4n) is 2.01. The van der Waals surface area contributed by atoms with Gasteiger partial charge in [-0.05, 0) is 32.0 Å². The van der Waals surface area contributed by atoms with Crippen LogP contribution in [0.3, 0.4) is 0 Å². The van der Waals surface area contributed by atoms with Gasteiger partial charge in [-0.3, -0.25) is 0 Å². The SMILES string of the molecule is COCC(C)NC(=S)NCCOC1CCCC1. The predicted molar refractivity (Wildman–Crippen MR) is 73.3 cm³/mol. The van der Waals surface area contributed by atoms with Gasteiger partial charge >= 0.3 is 0 Å². The summed E-state index contributed by atoms with van der Waals surface area (Å²) >= 11 is 5.16. The van der Waals surface area contributed by atoms with E-state index in [2.05, 4.69) is 10.6 Å². The Morgan fingerprint density at radius 2 is 2.12 bits per heavy atom. The molecule has 1 rings (SSSR count). The van der Waals surface area contributed by atoms with Crippen molar-refractivity contribution in [3.8, 4) is 0 Å². The topological polar surface area (TPSA) is 42.5 Å². The molecule has 0 amide bonds. The van der Waals surface area contributed by atoms with E-state index in [1.807, 2.05) is 6.92 Å². The molecule has 0 spiro atoms. The maximum atomic E-state index is 5.73. The molecule has 0 saturated heterocycles. The van der Waals surface area contributed by atoms with Crippen LogP contribution in [0.1, 0.15) is 32.6 Å². The Morgan fingerprint density at radius 1 is 1.41 bits per heavy atom. The Kier molecular flexibility index (Phi) is 7.48. The normalized spacial score (nSPS) is 18.0. The Morgan fingerprint density at radius 3 is 2.76 bits per heavy atom. The molecule has 100 valence electrons. The third-order valence-corrected chi connectivity index (χ3v) is 3.10. The summed E-state index contributed by atoms with van der Waals surface area (Å²) in [6.45, 7) is 4.18. The van der Waals surface area contributed by atoms with Gasteiger partial charge in [0.25, 0.3) is 0 Å². The molecular weight excluding hydrogens is 236 g/mol. The van der Waals surface area contributed by atoms with Crippen molar-refractivity contribution in [2.45, 2.75) is 44.8 Å². The van der Waals surface area contributed by atoms with Gasteiger partial charge < -0.3 is 20.1 Å². The summed E-state index contributed by atoms with van der Waals surface area (Å²) in [7, 11) is 1.68. The van der Waals surface area contributed by atoms with Gasteiger partial charge in [-0.1, -0.05) is 12.8 Å². The Balaban J connectivity index is 1.95. The second-order valence-corrected chi connectivity index (χ2v) is 4.94. The number of rotatable bonds is 7. The lowest BCUT2D eigenvalue weighted by Gasteiger charge is -2.17. The molecule has 0 aliphatic heterocycles. The third-order valence-electron chi connectivity index (χ3n) is 2.84. The molecule has 0 bridgehead atoms.